The van der Waals surface area contributed by atoms with Gasteiger partial charge < -0.3 is 10.1 Å². The molecule has 0 aromatic heterocycles. The molecule has 1 aromatic rings. The molecule has 94 valence electrons. The summed E-state index contributed by atoms with van der Waals surface area (Å²) in [6, 6.07) is 7.43. The molecule has 1 fully saturated rings. The molecule has 0 radical (unpaired) electrons. The highest BCUT2D eigenvalue weighted by atomic mass is 16.5. The Morgan fingerprint density at radius 2 is 1.83 bits per heavy atom. The lowest BCUT2D eigenvalue weighted by Crippen LogP contribution is -2.43. The van der Waals surface area contributed by atoms with Gasteiger partial charge in [0.15, 0.2) is 6.10 Å². The van der Waals surface area contributed by atoms with Gasteiger partial charge in [0.25, 0.3) is 5.91 Å². The summed E-state index contributed by atoms with van der Waals surface area (Å²) in [5, 5.41) is 2.87. The summed E-state index contributed by atoms with van der Waals surface area (Å²) in [5.41, 5.74) is 0.727. The normalized spacial score (nSPS) is 24.1. The quantitative estimate of drug-likeness (QED) is 0.824. The molecule has 4 nitrogen and oxygen atoms in total. The molecule has 1 N–H and O–H groups in total. The van der Waals surface area contributed by atoms with Crippen LogP contribution in [0.25, 0.3) is 0 Å². The molecular formula is C14H15NO3. The summed E-state index contributed by atoms with van der Waals surface area (Å²) < 4.78 is 5.80. The van der Waals surface area contributed by atoms with Crippen molar-refractivity contribution < 1.29 is 14.3 Å². The van der Waals surface area contributed by atoms with Gasteiger partial charge in [0.05, 0.1) is 5.69 Å². The smallest absolute Gasteiger partial charge is 0.265 e. The molecule has 1 heterocycles. The van der Waals surface area contributed by atoms with Crippen LogP contribution in [0.15, 0.2) is 24.3 Å². The largest absolute Gasteiger partial charge is 0.478 e. The summed E-state index contributed by atoms with van der Waals surface area (Å²) in [6.07, 6.45) is 2.19. The van der Waals surface area contributed by atoms with Crippen LogP contribution in [-0.2, 0) is 9.59 Å². The van der Waals surface area contributed by atoms with E-state index in [4.69, 9.17) is 4.74 Å². The Hall–Kier alpha value is -1.84. The Morgan fingerprint density at radius 1 is 1.11 bits per heavy atom. The lowest BCUT2D eigenvalue weighted by Gasteiger charge is -2.33. The number of hydrogen-bond donors (Lipinski definition) is 1. The minimum atomic E-state index is -0.451. The predicted molar refractivity (Wildman–Crippen MR) is 66.5 cm³/mol. The number of ketones is 1. The van der Waals surface area contributed by atoms with Crippen LogP contribution < -0.4 is 10.1 Å². The molecule has 0 bridgehead atoms. The standard InChI is InChI=1S/C14H15NO3/c16-10-7-5-9(6-8-10)13-14(17)15-11-3-1-2-4-12(11)18-13/h1-4,9,13H,5-8H2,(H,15,17). The SMILES string of the molecule is O=C1CCC(C2Oc3ccccc3NC2=O)CC1. The first-order valence-electron chi connectivity index (χ1n) is 6.32. The lowest BCUT2D eigenvalue weighted by atomic mass is 9.84. The molecule has 3 rings (SSSR count). The summed E-state index contributed by atoms with van der Waals surface area (Å²) in [4.78, 5) is 23.2. The number of rotatable bonds is 1. The molecule has 1 aliphatic carbocycles. The van der Waals surface area contributed by atoms with Crippen molar-refractivity contribution in [2.75, 3.05) is 5.32 Å². The molecule has 1 amide bonds. The summed E-state index contributed by atoms with van der Waals surface area (Å²) in [6.45, 7) is 0. The van der Waals surface area contributed by atoms with Crippen molar-refractivity contribution in [3.63, 3.8) is 0 Å². The Kier molecular flexibility index (Phi) is 2.78. The fourth-order valence-corrected chi connectivity index (χ4v) is 2.64. The second-order valence-electron chi connectivity index (χ2n) is 4.90. The van der Waals surface area contributed by atoms with Gasteiger partial charge in [-0.1, -0.05) is 12.1 Å². The van der Waals surface area contributed by atoms with Gasteiger partial charge in [0.2, 0.25) is 0 Å². The molecule has 2 aliphatic rings. The van der Waals surface area contributed by atoms with Gasteiger partial charge in [-0.25, -0.2) is 0 Å². The van der Waals surface area contributed by atoms with Gasteiger partial charge in [-0.15, -0.1) is 0 Å². The van der Waals surface area contributed by atoms with E-state index >= 15 is 0 Å². The highest BCUT2D eigenvalue weighted by molar-refractivity contribution is 5.98. The Morgan fingerprint density at radius 3 is 2.61 bits per heavy atom. The molecule has 0 spiro atoms. The van der Waals surface area contributed by atoms with Crippen molar-refractivity contribution in [1.29, 1.82) is 0 Å². The van der Waals surface area contributed by atoms with E-state index in [-0.39, 0.29) is 11.8 Å². The van der Waals surface area contributed by atoms with Gasteiger partial charge in [0, 0.05) is 18.8 Å². The maximum absolute atomic E-state index is 12.0. The number of carbonyl (C=O) groups excluding carboxylic acids is 2. The highest BCUT2D eigenvalue weighted by Gasteiger charge is 2.36. The van der Waals surface area contributed by atoms with Crippen molar-refractivity contribution in [2.24, 2.45) is 5.92 Å². The maximum atomic E-state index is 12.0. The number of nitrogens with one attached hydrogen (secondary N) is 1. The topological polar surface area (TPSA) is 55.4 Å². The number of Topliss-reactive ketones (excluding diaryl/α,β-unsaturated/α-hetero) is 1. The first-order chi connectivity index (χ1) is 8.74. The number of anilines is 1. The van der Waals surface area contributed by atoms with Gasteiger partial charge in [0.1, 0.15) is 11.5 Å². The van der Waals surface area contributed by atoms with E-state index in [9.17, 15) is 9.59 Å². The average Bonchev–Trinajstić information content (AvgIpc) is 2.39. The van der Waals surface area contributed by atoms with E-state index in [0.29, 0.717) is 18.6 Å². The number of carbonyl (C=O) groups is 2. The fourth-order valence-electron chi connectivity index (χ4n) is 2.64. The number of amides is 1. The van der Waals surface area contributed by atoms with Crippen LogP contribution in [0.1, 0.15) is 25.7 Å². The number of benzene rings is 1. The van der Waals surface area contributed by atoms with Crippen LogP contribution in [0, 0.1) is 5.92 Å². The molecule has 1 saturated carbocycles. The van der Waals surface area contributed by atoms with E-state index in [0.717, 1.165) is 24.3 Å². The van der Waals surface area contributed by atoms with Crippen LogP contribution in [0.2, 0.25) is 0 Å². The van der Waals surface area contributed by atoms with E-state index < -0.39 is 6.10 Å². The molecule has 1 aromatic carbocycles. The number of hydrogen-bond acceptors (Lipinski definition) is 3. The average molecular weight is 245 g/mol. The lowest BCUT2D eigenvalue weighted by molar-refractivity contribution is -0.129. The third kappa shape index (κ3) is 1.98. The number of fused-ring (bicyclic) bond motifs is 1. The van der Waals surface area contributed by atoms with Crippen LogP contribution in [0.4, 0.5) is 5.69 Å². The molecule has 18 heavy (non-hydrogen) atoms. The Bertz CT molecular complexity index is 488. The zero-order valence-electron chi connectivity index (χ0n) is 10.0. The molecule has 0 saturated heterocycles. The number of ether oxygens (including phenoxy) is 1. The van der Waals surface area contributed by atoms with E-state index in [1.165, 1.54) is 0 Å². The second-order valence-corrected chi connectivity index (χ2v) is 4.90. The fraction of sp³-hybridized carbons (Fsp3) is 0.429. The summed E-state index contributed by atoms with van der Waals surface area (Å²) in [5.74, 6) is 1.07. The third-order valence-corrected chi connectivity index (χ3v) is 3.67. The van der Waals surface area contributed by atoms with Crippen molar-refractivity contribution in [3.05, 3.63) is 24.3 Å². The Balaban J connectivity index is 1.78. The van der Waals surface area contributed by atoms with Crippen LogP contribution in [-0.4, -0.2) is 17.8 Å². The van der Waals surface area contributed by atoms with Crippen molar-refractivity contribution in [3.8, 4) is 5.75 Å². The van der Waals surface area contributed by atoms with E-state index in [2.05, 4.69) is 5.32 Å². The summed E-state index contributed by atoms with van der Waals surface area (Å²) in [7, 11) is 0. The van der Waals surface area contributed by atoms with Gasteiger partial charge in [-0.2, -0.15) is 0 Å². The van der Waals surface area contributed by atoms with Crippen molar-refractivity contribution >= 4 is 17.4 Å². The van der Waals surface area contributed by atoms with E-state index in [1.54, 1.807) is 0 Å². The monoisotopic (exact) mass is 245 g/mol. The van der Waals surface area contributed by atoms with Crippen LogP contribution >= 0.6 is 0 Å². The van der Waals surface area contributed by atoms with Crippen molar-refractivity contribution in [1.82, 2.24) is 0 Å². The number of para-hydroxylation sites is 2. The zero-order chi connectivity index (χ0) is 12.5. The van der Waals surface area contributed by atoms with Crippen LogP contribution in [0.3, 0.4) is 0 Å². The first kappa shape index (κ1) is 11.3. The van der Waals surface area contributed by atoms with Crippen molar-refractivity contribution in [2.45, 2.75) is 31.8 Å². The minimum Gasteiger partial charge on any atom is -0.478 e. The van der Waals surface area contributed by atoms with Gasteiger partial charge in [-0.3, -0.25) is 9.59 Å². The van der Waals surface area contributed by atoms with Crippen LogP contribution in [0.5, 0.6) is 5.75 Å². The Labute approximate surface area is 105 Å². The summed E-state index contributed by atoms with van der Waals surface area (Å²) >= 11 is 0. The highest BCUT2D eigenvalue weighted by Crippen LogP contribution is 2.34. The second kappa shape index (κ2) is 4.44. The van der Waals surface area contributed by atoms with Gasteiger partial charge >= 0.3 is 0 Å². The predicted octanol–water partition coefficient (Wildman–Crippen LogP) is 2.15. The zero-order valence-corrected chi connectivity index (χ0v) is 10.0. The molecule has 1 aliphatic heterocycles. The minimum absolute atomic E-state index is 0.0898. The maximum Gasteiger partial charge on any atom is 0.265 e. The third-order valence-electron chi connectivity index (χ3n) is 3.67. The van der Waals surface area contributed by atoms with Gasteiger partial charge in [-0.05, 0) is 25.0 Å². The molecule has 4 heteroatoms. The first-order valence-corrected chi connectivity index (χ1v) is 6.32. The molecule has 1 unspecified atom stereocenters. The molecular weight excluding hydrogens is 230 g/mol. The molecule has 1 atom stereocenters. The van der Waals surface area contributed by atoms with E-state index in [1.807, 2.05) is 24.3 Å².